The molecule has 2 rings (SSSR count). The third kappa shape index (κ3) is 2.23. The van der Waals surface area contributed by atoms with Crippen molar-refractivity contribution >= 4 is 51.0 Å². The molecule has 2 aromatic rings. The van der Waals surface area contributed by atoms with Gasteiger partial charge in [-0.25, -0.2) is 0 Å². The molecule has 0 atom stereocenters. The van der Waals surface area contributed by atoms with Crippen LogP contribution < -0.4 is 0 Å². The highest BCUT2D eigenvalue weighted by atomic mass is 79.9. The maximum atomic E-state index is 3.69. The number of hydrogen-bond donors (Lipinski definition) is 0. The van der Waals surface area contributed by atoms with Crippen molar-refractivity contribution in [1.82, 2.24) is 4.23 Å². The molecule has 0 aliphatic carbocycles. The van der Waals surface area contributed by atoms with Gasteiger partial charge in [0.1, 0.15) is 0 Å². The van der Waals surface area contributed by atoms with Crippen LogP contribution in [-0.2, 0) is 0 Å². The Morgan fingerprint density at radius 3 is 2.28 bits per heavy atom. The van der Waals surface area contributed by atoms with Gasteiger partial charge in [-0.15, -0.1) is 0 Å². The lowest BCUT2D eigenvalue weighted by Crippen LogP contribution is -2.44. The summed E-state index contributed by atoms with van der Waals surface area (Å²) in [6.07, 6.45) is 2.26. The summed E-state index contributed by atoms with van der Waals surface area (Å²) in [5.41, 5.74) is 1.32. The van der Waals surface area contributed by atoms with Gasteiger partial charge in [-0.2, -0.15) is 0 Å². The highest BCUT2D eigenvalue weighted by Crippen LogP contribution is 2.41. The Kier molecular flexibility index (Phi) is 3.58. The normalized spacial score (nSPS) is 13.3. The summed E-state index contributed by atoms with van der Waals surface area (Å²) in [6.45, 7) is 11.9. The monoisotopic (exact) mass is 387 g/mol. The van der Waals surface area contributed by atoms with Gasteiger partial charge in [0.15, 0.2) is 8.24 Å². The van der Waals surface area contributed by atoms with E-state index >= 15 is 0 Å². The van der Waals surface area contributed by atoms with Crippen LogP contribution in [0.25, 0.3) is 10.9 Å². The first kappa shape index (κ1) is 14.3. The van der Waals surface area contributed by atoms with E-state index in [2.05, 4.69) is 94.4 Å². The molecule has 98 valence electrons. The van der Waals surface area contributed by atoms with Gasteiger partial charge in [0, 0.05) is 26.0 Å². The predicted octanol–water partition coefficient (Wildman–Crippen LogP) is 6.02. The van der Waals surface area contributed by atoms with Crippen molar-refractivity contribution in [3.05, 3.63) is 33.3 Å². The Morgan fingerprint density at radius 1 is 1.11 bits per heavy atom. The van der Waals surface area contributed by atoms with Crippen LogP contribution in [0.3, 0.4) is 0 Å². The second-order valence-corrected chi connectivity index (χ2v) is 13.2. The number of aromatic nitrogens is 1. The lowest BCUT2D eigenvalue weighted by molar-refractivity contribution is 0.703. The minimum absolute atomic E-state index is 0.320. The molecule has 1 heterocycles. The van der Waals surface area contributed by atoms with Crippen LogP contribution in [-0.4, -0.2) is 12.5 Å². The fraction of sp³-hybridized carbons (Fsp3) is 0.429. The lowest BCUT2D eigenvalue weighted by Gasteiger charge is -2.38. The summed E-state index contributed by atoms with van der Waals surface area (Å²) in [4.78, 5) is 0. The average molecular weight is 389 g/mol. The molecule has 1 nitrogen and oxygen atoms in total. The van der Waals surface area contributed by atoms with Gasteiger partial charge in [0.05, 0.1) is 0 Å². The van der Waals surface area contributed by atoms with Crippen LogP contribution in [0.2, 0.25) is 18.1 Å². The maximum Gasteiger partial charge on any atom is 0.161 e. The quantitative estimate of drug-likeness (QED) is 0.526. The Labute approximate surface area is 127 Å². The smallest absolute Gasteiger partial charge is 0.161 e. The van der Waals surface area contributed by atoms with Gasteiger partial charge >= 0.3 is 0 Å². The molecule has 0 spiro atoms. The van der Waals surface area contributed by atoms with Gasteiger partial charge in [-0.3, -0.25) is 0 Å². The average Bonchev–Trinajstić information content (AvgIpc) is 2.54. The molecule has 0 fully saturated rings. The molecule has 0 aliphatic heterocycles. The van der Waals surface area contributed by atoms with E-state index in [1.165, 1.54) is 15.4 Å². The molecular formula is C14H19Br2NSi. The third-order valence-corrected chi connectivity index (χ3v) is 10.5. The molecule has 18 heavy (non-hydrogen) atoms. The molecule has 4 heteroatoms. The highest BCUT2D eigenvalue weighted by Gasteiger charge is 2.38. The summed E-state index contributed by atoms with van der Waals surface area (Å²) in [7, 11) is -1.58. The van der Waals surface area contributed by atoms with E-state index in [4.69, 9.17) is 0 Å². The van der Waals surface area contributed by atoms with Crippen molar-refractivity contribution < 1.29 is 0 Å². The van der Waals surface area contributed by atoms with Crippen molar-refractivity contribution in [2.75, 3.05) is 0 Å². The van der Waals surface area contributed by atoms with Crippen molar-refractivity contribution in [1.29, 1.82) is 0 Å². The number of benzene rings is 1. The predicted molar refractivity (Wildman–Crippen MR) is 89.9 cm³/mol. The van der Waals surface area contributed by atoms with Crippen molar-refractivity contribution in [2.24, 2.45) is 0 Å². The van der Waals surface area contributed by atoms with Gasteiger partial charge < -0.3 is 4.23 Å². The van der Waals surface area contributed by atoms with E-state index in [0.29, 0.717) is 5.04 Å². The fourth-order valence-corrected chi connectivity index (χ4v) is 5.02. The summed E-state index contributed by atoms with van der Waals surface area (Å²) in [5.74, 6) is 0. The van der Waals surface area contributed by atoms with E-state index in [0.717, 1.165) is 4.47 Å². The summed E-state index contributed by atoms with van der Waals surface area (Å²) in [6, 6.07) is 6.50. The Balaban J connectivity index is 2.76. The second-order valence-electron chi connectivity index (χ2n) is 6.32. The first-order chi connectivity index (χ1) is 8.14. The van der Waals surface area contributed by atoms with Crippen LogP contribution in [0.1, 0.15) is 20.8 Å². The van der Waals surface area contributed by atoms with E-state index in [9.17, 15) is 0 Å². The summed E-state index contributed by atoms with van der Waals surface area (Å²) >= 11 is 7.27. The van der Waals surface area contributed by atoms with Crippen LogP contribution >= 0.6 is 31.9 Å². The largest absolute Gasteiger partial charge is 0.373 e. The molecule has 0 unspecified atom stereocenters. The topological polar surface area (TPSA) is 4.93 Å². The van der Waals surface area contributed by atoms with E-state index < -0.39 is 8.24 Å². The zero-order valence-corrected chi connectivity index (χ0v) is 15.7. The minimum atomic E-state index is -1.58. The number of halogens is 2. The molecular weight excluding hydrogens is 370 g/mol. The number of hydrogen-bond acceptors (Lipinski definition) is 0. The molecule has 0 radical (unpaired) electrons. The van der Waals surface area contributed by atoms with E-state index in [-0.39, 0.29) is 0 Å². The van der Waals surface area contributed by atoms with Crippen LogP contribution in [0.15, 0.2) is 33.3 Å². The highest BCUT2D eigenvalue weighted by molar-refractivity contribution is 9.11. The van der Waals surface area contributed by atoms with Crippen molar-refractivity contribution in [2.45, 2.75) is 38.9 Å². The molecule has 0 aliphatic rings. The second kappa shape index (κ2) is 4.49. The van der Waals surface area contributed by atoms with Gasteiger partial charge in [-0.1, -0.05) is 55.9 Å². The van der Waals surface area contributed by atoms with E-state index in [1.807, 2.05) is 0 Å². The fourth-order valence-electron chi connectivity index (χ4n) is 1.98. The molecule has 0 amide bonds. The third-order valence-electron chi connectivity index (χ3n) is 4.16. The van der Waals surface area contributed by atoms with Gasteiger partial charge in [0.25, 0.3) is 0 Å². The molecule has 0 saturated carbocycles. The molecule has 0 bridgehead atoms. The van der Waals surface area contributed by atoms with Crippen molar-refractivity contribution in [3.8, 4) is 0 Å². The van der Waals surface area contributed by atoms with Gasteiger partial charge in [-0.05, 0) is 33.1 Å². The molecule has 0 N–H and O–H groups in total. The minimum Gasteiger partial charge on any atom is -0.373 e. The Morgan fingerprint density at radius 2 is 1.72 bits per heavy atom. The zero-order valence-electron chi connectivity index (χ0n) is 11.5. The SMILES string of the molecule is CC(C)(C)[Si](C)(C)n1cc(Br)c2ccc(Br)cc21. The van der Waals surface area contributed by atoms with Crippen LogP contribution in [0.4, 0.5) is 0 Å². The molecule has 1 aromatic carbocycles. The maximum absolute atomic E-state index is 3.69. The number of rotatable bonds is 1. The Hall–Kier alpha value is -0.0631. The number of nitrogens with zero attached hydrogens (tertiary/aromatic N) is 1. The van der Waals surface area contributed by atoms with Crippen LogP contribution in [0, 0.1) is 0 Å². The van der Waals surface area contributed by atoms with E-state index in [1.54, 1.807) is 0 Å². The van der Waals surface area contributed by atoms with Gasteiger partial charge in [0.2, 0.25) is 0 Å². The summed E-state index contributed by atoms with van der Waals surface area (Å²) < 4.78 is 4.84. The number of fused-ring (bicyclic) bond motifs is 1. The Bertz CT molecular complexity index is 594. The molecule has 1 aromatic heterocycles. The standard InChI is InChI=1S/C14H19Br2NSi/c1-14(2,3)18(4,5)17-9-12(16)11-7-6-10(15)8-13(11)17/h6-9H,1-5H3. The lowest BCUT2D eigenvalue weighted by atomic mass is 10.2. The zero-order chi connectivity index (χ0) is 13.7. The van der Waals surface area contributed by atoms with Crippen LogP contribution in [0.5, 0.6) is 0 Å². The first-order valence-electron chi connectivity index (χ1n) is 6.11. The molecule has 0 saturated heterocycles. The summed E-state index contributed by atoms with van der Waals surface area (Å²) in [5, 5.41) is 1.61. The van der Waals surface area contributed by atoms with Crippen molar-refractivity contribution in [3.63, 3.8) is 0 Å². The first-order valence-corrected chi connectivity index (χ1v) is 10.6.